The highest BCUT2D eigenvalue weighted by atomic mass is 32.2. The van der Waals surface area contributed by atoms with Gasteiger partial charge in [0.1, 0.15) is 5.60 Å². The number of hydrogen-bond donors (Lipinski definition) is 1. The molecular formula is C21H39N3O4S. The quantitative estimate of drug-likeness (QED) is 0.702. The number of likely N-dealkylation sites (tertiary alicyclic amines) is 2. The minimum absolute atomic E-state index is 0.158. The molecule has 2 saturated heterocycles. The Labute approximate surface area is 176 Å². The van der Waals surface area contributed by atoms with Crippen LogP contribution in [-0.4, -0.2) is 74.9 Å². The zero-order chi connectivity index (χ0) is 21.3. The Bertz CT molecular complexity index is 673. The number of rotatable bonds is 6. The van der Waals surface area contributed by atoms with Gasteiger partial charge in [0.25, 0.3) is 0 Å². The second kappa shape index (κ2) is 8.71. The first kappa shape index (κ1) is 22.8. The van der Waals surface area contributed by atoms with Crippen LogP contribution in [0.3, 0.4) is 0 Å². The molecule has 7 nitrogen and oxygen atoms in total. The fourth-order valence-electron chi connectivity index (χ4n) is 5.03. The third kappa shape index (κ3) is 6.31. The number of hydrogen-bond acceptors (Lipinski definition) is 5. The molecule has 0 aromatic carbocycles. The first-order chi connectivity index (χ1) is 13.5. The van der Waals surface area contributed by atoms with E-state index in [1.165, 1.54) is 12.8 Å². The summed E-state index contributed by atoms with van der Waals surface area (Å²) < 4.78 is 31.5. The molecule has 1 aliphatic carbocycles. The van der Waals surface area contributed by atoms with Crippen LogP contribution in [0.5, 0.6) is 0 Å². The minimum atomic E-state index is -3.08. The molecule has 2 heterocycles. The first-order valence-corrected chi connectivity index (χ1v) is 12.8. The van der Waals surface area contributed by atoms with Crippen LogP contribution in [0.4, 0.5) is 4.79 Å². The van der Waals surface area contributed by atoms with Crippen LogP contribution < -0.4 is 4.72 Å². The smallest absolute Gasteiger partial charge is 0.410 e. The van der Waals surface area contributed by atoms with Gasteiger partial charge in [0, 0.05) is 39.3 Å². The number of sulfonamides is 1. The van der Waals surface area contributed by atoms with Crippen LogP contribution in [-0.2, 0) is 14.8 Å². The van der Waals surface area contributed by atoms with Gasteiger partial charge in [-0.05, 0) is 77.0 Å². The molecule has 1 amide bonds. The monoisotopic (exact) mass is 429 g/mol. The number of carbonyl (C=O) groups is 1. The maximum Gasteiger partial charge on any atom is 0.410 e. The van der Waals surface area contributed by atoms with E-state index in [1.807, 2.05) is 25.7 Å². The Morgan fingerprint density at radius 3 is 2.38 bits per heavy atom. The van der Waals surface area contributed by atoms with E-state index in [-0.39, 0.29) is 11.8 Å². The second-order valence-electron chi connectivity index (χ2n) is 10.4. The van der Waals surface area contributed by atoms with E-state index in [0.717, 1.165) is 52.0 Å². The van der Waals surface area contributed by atoms with Crippen molar-refractivity contribution in [2.75, 3.05) is 45.0 Å². The van der Waals surface area contributed by atoms with E-state index in [4.69, 9.17) is 4.74 Å². The van der Waals surface area contributed by atoms with Crippen LogP contribution in [0.1, 0.15) is 59.8 Å². The topological polar surface area (TPSA) is 79.0 Å². The molecular weight excluding hydrogens is 390 g/mol. The molecule has 1 atom stereocenters. The fourth-order valence-corrected chi connectivity index (χ4v) is 5.72. The lowest BCUT2D eigenvalue weighted by Crippen LogP contribution is -2.58. The molecule has 1 saturated carbocycles. The van der Waals surface area contributed by atoms with Gasteiger partial charge in [-0.25, -0.2) is 17.9 Å². The Morgan fingerprint density at radius 1 is 1.14 bits per heavy atom. The first-order valence-electron chi connectivity index (χ1n) is 11.2. The summed E-state index contributed by atoms with van der Waals surface area (Å²) in [5.74, 6) is 1.18. The predicted molar refractivity (Wildman–Crippen MR) is 114 cm³/mol. The normalized spacial score (nSPS) is 25.9. The van der Waals surface area contributed by atoms with E-state index in [0.29, 0.717) is 23.8 Å². The van der Waals surface area contributed by atoms with Gasteiger partial charge in [0.05, 0.1) is 5.75 Å². The van der Waals surface area contributed by atoms with Crippen molar-refractivity contribution >= 4 is 16.1 Å². The Hall–Kier alpha value is -0.860. The molecule has 3 fully saturated rings. The SMILES string of the molecule is CCS(=O)(=O)NCC1CCC2(CC1)CN(C[C@@H]1CCN(C(=O)OC(C)(C)C)C1)C2. The molecule has 0 bridgehead atoms. The molecule has 8 heteroatoms. The van der Waals surface area contributed by atoms with Gasteiger partial charge < -0.3 is 14.5 Å². The second-order valence-corrected chi connectivity index (χ2v) is 12.5. The summed E-state index contributed by atoms with van der Waals surface area (Å²) in [5.41, 5.74) is 0.0116. The summed E-state index contributed by atoms with van der Waals surface area (Å²) in [5, 5.41) is 0. The van der Waals surface area contributed by atoms with E-state index in [1.54, 1.807) is 6.92 Å². The van der Waals surface area contributed by atoms with Gasteiger partial charge in [-0.15, -0.1) is 0 Å². The van der Waals surface area contributed by atoms with Gasteiger partial charge in [0.2, 0.25) is 10.0 Å². The summed E-state index contributed by atoms with van der Waals surface area (Å²) in [6.45, 7) is 13.0. The largest absolute Gasteiger partial charge is 0.444 e. The number of ether oxygens (including phenoxy) is 1. The van der Waals surface area contributed by atoms with Gasteiger partial charge in [-0.2, -0.15) is 0 Å². The zero-order valence-corrected chi connectivity index (χ0v) is 19.4. The summed E-state index contributed by atoms with van der Waals surface area (Å²) in [7, 11) is -3.08. The average Bonchev–Trinajstić information content (AvgIpc) is 3.07. The lowest BCUT2D eigenvalue weighted by atomic mass is 9.66. The van der Waals surface area contributed by atoms with Crippen LogP contribution in [0.2, 0.25) is 0 Å². The van der Waals surface area contributed by atoms with Crippen molar-refractivity contribution < 1.29 is 17.9 Å². The van der Waals surface area contributed by atoms with Gasteiger partial charge in [-0.1, -0.05) is 0 Å². The maximum absolute atomic E-state index is 12.2. The lowest BCUT2D eigenvalue weighted by Gasteiger charge is -2.54. The van der Waals surface area contributed by atoms with E-state index in [2.05, 4.69) is 9.62 Å². The van der Waals surface area contributed by atoms with Crippen molar-refractivity contribution in [3.05, 3.63) is 0 Å². The average molecular weight is 430 g/mol. The van der Waals surface area contributed by atoms with Crippen LogP contribution >= 0.6 is 0 Å². The van der Waals surface area contributed by atoms with Crippen LogP contribution in [0, 0.1) is 17.3 Å². The predicted octanol–water partition coefficient (Wildman–Crippen LogP) is 2.67. The maximum atomic E-state index is 12.2. The molecule has 1 spiro atoms. The molecule has 29 heavy (non-hydrogen) atoms. The van der Waals surface area contributed by atoms with Crippen molar-refractivity contribution in [2.24, 2.45) is 17.3 Å². The Kier molecular flexibility index (Phi) is 6.85. The van der Waals surface area contributed by atoms with Gasteiger partial charge >= 0.3 is 6.09 Å². The van der Waals surface area contributed by atoms with Crippen molar-refractivity contribution in [3.63, 3.8) is 0 Å². The highest BCUT2D eigenvalue weighted by Gasteiger charge is 2.45. The number of amides is 1. The van der Waals surface area contributed by atoms with Crippen molar-refractivity contribution in [2.45, 2.75) is 65.4 Å². The molecule has 0 radical (unpaired) electrons. The summed E-state index contributed by atoms with van der Waals surface area (Å²) in [6.07, 6.45) is 5.53. The Morgan fingerprint density at radius 2 is 1.79 bits per heavy atom. The molecule has 2 aliphatic heterocycles. The van der Waals surface area contributed by atoms with Crippen molar-refractivity contribution in [3.8, 4) is 0 Å². The molecule has 0 aromatic heterocycles. The van der Waals surface area contributed by atoms with E-state index >= 15 is 0 Å². The van der Waals surface area contributed by atoms with E-state index in [9.17, 15) is 13.2 Å². The lowest BCUT2D eigenvalue weighted by molar-refractivity contribution is -0.0445. The summed E-state index contributed by atoms with van der Waals surface area (Å²) >= 11 is 0. The highest BCUT2D eigenvalue weighted by Crippen LogP contribution is 2.45. The summed E-state index contributed by atoms with van der Waals surface area (Å²) in [6, 6.07) is 0. The van der Waals surface area contributed by atoms with E-state index < -0.39 is 15.6 Å². The molecule has 168 valence electrons. The zero-order valence-electron chi connectivity index (χ0n) is 18.6. The minimum Gasteiger partial charge on any atom is -0.444 e. The third-order valence-electron chi connectivity index (χ3n) is 6.71. The fraction of sp³-hybridized carbons (Fsp3) is 0.952. The number of nitrogens with zero attached hydrogens (tertiary/aromatic N) is 2. The number of carbonyl (C=O) groups excluding carboxylic acids is 1. The molecule has 3 aliphatic rings. The van der Waals surface area contributed by atoms with Gasteiger partial charge in [0.15, 0.2) is 0 Å². The van der Waals surface area contributed by atoms with Gasteiger partial charge in [-0.3, -0.25) is 0 Å². The molecule has 0 unspecified atom stereocenters. The third-order valence-corrected chi connectivity index (χ3v) is 8.08. The highest BCUT2D eigenvalue weighted by molar-refractivity contribution is 7.89. The van der Waals surface area contributed by atoms with Crippen molar-refractivity contribution in [1.29, 1.82) is 0 Å². The van der Waals surface area contributed by atoms with Crippen molar-refractivity contribution in [1.82, 2.24) is 14.5 Å². The summed E-state index contributed by atoms with van der Waals surface area (Å²) in [4.78, 5) is 16.6. The molecule has 0 aromatic rings. The van der Waals surface area contributed by atoms with Crippen LogP contribution in [0.15, 0.2) is 0 Å². The molecule has 1 N–H and O–H groups in total. The standard InChI is InChI=1S/C21H39N3O4S/c1-5-29(26,27)22-12-17-6-9-21(10-7-17)15-23(16-21)13-18-8-11-24(14-18)19(25)28-20(2,3)4/h17-18,22H,5-16H2,1-4H3/t18-/m0/s1. The Balaban J connectivity index is 1.34. The number of nitrogens with one attached hydrogen (secondary N) is 1. The molecule has 3 rings (SSSR count). The van der Waals surface area contributed by atoms with Crippen LogP contribution in [0.25, 0.3) is 0 Å².